The van der Waals surface area contributed by atoms with Crippen LogP contribution in [0.3, 0.4) is 0 Å². The highest BCUT2D eigenvalue weighted by atomic mass is 16.5. The summed E-state index contributed by atoms with van der Waals surface area (Å²) in [5.41, 5.74) is 0.758. The maximum atomic E-state index is 11.9. The molecule has 0 radical (unpaired) electrons. The predicted molar refractivity (Wildman–Crippen MR) is 70.4 cm³/mol. The van der Waals surface area contributed by atoms with Crippen molar-refractivity contribution >= 4 is 11.6 Å². The average Bonchev–Trinajstić information content (AvgIpc) is 2.40. The van der Waals surface area contributed by atoms with E-state index >= 15 is 0 Å². The fourth-order valence-electron chi connectivity index (χ4n) is 1.52. The van der Waals surface area contributed by atoms with Gasteiger partial charge >= 0.3 is 0 Å². The largest absolute Gasteiger partial charge is 0.497 e. The maximum Gasteiger partial charge on any atom is 0.250 e. The molecule has 0 spiro atoms. The van der Waals surface area contributed by atoms with Crippen LogP contribution in [0.2, 0.25) is 0 Å². The van der Waals surface area contributed by atoms with E-state index in [1.165, 1.54) is 6.08 Å². The van der Waals surface area contributed by atoms with Crippen molar-refractivity contribution < 1.29 is 9.53 Å². The lowest BCUT2D eigenvalue weighted by atomic mass is 10.2. The van der Waals surface area contributed by atoms with Crippen molar-refractivity contribution in [3.05, 3.63) is 36.4 Å². The third-order valence-corrected chi connectivity index (χ3v) is 2.41. The first-order chi connectivity index (χ1) is 8.72. The van der Waals surface area contributed by atoms with Gasteiger partial charge in [-0.25, -0.2) is 0 Å². The van der Waals surface area contributed by atoms with E-state index in [1.54, 1.807) is 49.3 Å². The molecule has 0 saturated heterocycles. The van der Waals surface area contributed by atoms with E-state index in [0.29, 0.717) is 13.0 Å². The molecular formula is C14H16N2O2. The molecule has 0 heterocycles. The highest BCUT2D eigenvalue weighted by Gasteiger charge is 2.12. The van der Waals surface area contributed by atoms with Crippen molar-refractivity contribution in [2.45, 2.75) is 13.3 Å². The fraction of sp³-hybridized carbons (Fsp3) is 0.286. The minimum atomic E-state index is -0.127. The normalized spacial score (nSPS) is 10.1. The number of benzene rings is 1. The summed E-state index contributed by atoms with van der Waals surface area (Å²) in [4.78, 5) is 13.5. The first kappa shape index (κ1) is 13.8. The molecule has 0 aliphatic heterocycles. The Kier molecular flexibility index (Phi) is 5.46. The molecule has 4 heteroatoms. The van der Waals surface area contributed by atoms with Gasteiger partial charge in [0.2, 0.25) is 0 Å². The highest BCUT2D eigenvalue weighted by Crippen LogP contribution is 2.19. The second kappa shape index (κ2) is 7.13. The van der Waals surface area contributed by atoms with Crippen LogP contribution in [0.15, 0.2) is 36.4 Å². The number of allylic oxidation sites excluding steroid dienone is 1. The lowest BCUT2D eigenvalue weighted by Crippen LogP contribution is -2.30. The van der Waals surface area contributed by atoms with Gasteiger partial charge in [-0.1, -0.05) is 6.08 Å². The molecule has 0 fully saturated rings. The second-order valence-corrected chi connectivity index (χ2v) is 3.60. The van der Waals surface area contributed by atoms with E-state index in [-0.39, 0.29) is 5.91 Å². The molecule has 0 bridgehead atoms. The summed E-state index contributed by atoms with van der Waals surface area (Å²) >= 11 is 0. The molecule has 0 aromatic heterocycles. The molecule has 0 saturated carbocycles. The van der Waals surface area contributed by atoms with Crippen LogP contribution in [0.4, 0.5) is 5.69 Å². The van der Waals surface area contributed by atoms with E-state index in [0.717, 1.165) is 11.4 Å². The Labute approximate surface area is 107 Å². The van der Waals surface area contributed by atoms with E-state index in [9.17, 15) is 4.79 Å². The van der Waals surface area contributed by atoms with Crippen molar-refractivity contribution in [3.8, 4) is 11.8 Å². The molecule has 0 N–H and O–H groups in total. The molecule has 18 heavy (non-hydrogen) atoms. The summed E-state index contributed by atoms with van der Waals surface area (Å²) in [5, 5.41) is 8.63. The topological polar surface area (TPSA) is 53.3 Å². The number of nitriles is 1. The van der Waals surface area contributed by atoms with Crippen LogP contribution in [0.5, 0.6) is 5.75 Å². The Balaban J connectivity index is 2.93. The Morgan fingerprint density at radius 2 is 2.11 bits per heavy atom. The molecule has 0 aliphatic rings. The van der Waals surface area contributed by atoms with Crippen LogP contribution in [0.25, 0.3) is 0 Å². The third kappa shape index (κ3) is 3.63. The number of hydrogen-bond acceptors (Lipinski definition) is 3. The van der Waals surface area contributed by atoms with Crippen LogP contribution in [0, 0.1) is 11.3 Å². The Hall–Kier alpha value is -2.28. The number of anilines is 1. The van der Waals surface area contributed by atoms with Gasteiger partial charge in [-0.2, -0.15) is 5.26 Å². The van der Waals surface area contributed by atoms with Crippen molar-refractivity contribution in [1.29, 1.82) is 5.26 Å². The molecule has 94 valence electrons. The molecular weight excluding hydrogens is 228 g/mol. The Morgan fingerprint density at radius 3 is 2.61 bits per heavy atom. The first-order valence-corrected chi connectivity index (χ1v) is 5.68. The lowest BCUT2D eigenvalue weighted by molar-refractivity contribution is -0.114. The van der Waals surface area contributed by atoms with Crippen LogP contribution in [-0.4, -0.2) is 19.6 Å². The van der Waals surface area contributed by atoms with E-state index in [1.807, 2.05) is 6.07 Å². The van der Waals surface area contributed by atoms with Crippen molar-refractivity contribution in [3.63, 3.8) is 0 Å². The number of ether oxygens (including phenoxy) is 1. The van der Waals surface area contributed by atoms with Crippen LogP contribution in [0.1, 0.15) is 13.3 Å². The third-order valence-electron chi connectivity index (χ3n) is 2.41. The Morgan fingerprint density at radius 1 is 1.44 bits per heavy atom. The summed E-state index contributed by atoms with van der Waals surface area (Å²) < 4.78 is 5.07. The number of amides is 1. The van der Waals surface area contributed by atoms with Crippen LogP contribution in [-0.2, 0) is 4.79 Å². The zero-order valence-corrected chi connectivity index (χ0v) is 10.6. The molecule has 0 unspecified atom stereocenters. The minimum absolute atomic E-state index is 0.127. The number of nitrogens with zero attached hydrogens (tertiary/aromatic N) is 2. The zero-order valence-electron chi connectivity index (χ0n) is 10.6. The van der Waals surface area contributed by atoms with E-state index in [2.05, 4.69) is 0 Å². The lowest BCUT2D eigenvalue weighted by Gasteiger charge is -2.20. The van der Waals surface area contributed by atoms with E-state index < -0.39 is 0 Å². The van der Waals surface area contributed by atoms with Crippen LogP contribution >= 0.6 is 0 Å². The number of methoxy groups -OCH3 is 1. The quantitative estimate of drug-likeness (QED) is 0.748. The van der Waals surface area contributed by atoms with Crippen LogP contribution < -0.4 is 9.64 Å². The summed E-state index contributed by atoms with van der Waals surface area (Å²) in [6.07, 6.45) is 3.47. The number of hydrogen-bond donors (Lipinski definition) is 0. The summed E-state index contributed by atoms with van der Waals surface area (Å²) in [5.74, 6) is 0.607. The van der Waals surface area contributed by atoms with Crippen molar-refractivity contribution in [2.24, 2.45) is 0 Å². The van der Waals surface area contributed by atoms with E-state index in [4.69, 9.17) is 10.00 Å². The van der Waals surface area contributed by atoms with Gasteiger partial charge in [-0.05, 0) is 37.3 Å². The summed E-state index contributed by atoms with van der Waals surface area (Å²) in [6.45, 7) is 2.17. The van der Waals surface area contributed by atoms with Gasteiger partial charge in [0.25, 0.3) is 5.91 Å². The van der Waals surface area contributed by atoms with Gasteiger partial charge in [-0.15, -0.1) is 0 Å². The van der Waals surface area contributed by atoms with Gasteiger partial charge in [0.1, 0.15) is 5.75 Å². The van der Waals surface area contributed by atoms with Gasteiger partial charge in [0, 0.05) is 12.2 Å². The number of carbonyl (C=O) groups excluding carboxylic acids is 1. The average molecular weight is 244 g/mol. The summed E-state index contributed by atoms with van der Waals surface area (Å²) in [7, 11) is 1.59. The molecule has 1 aromatic rings. The van der Waals surface area contributed by atoms with Crippen molar-refractivity contribution in [1.82, 2.24) is 0 Å². The maximum absolute atomic E-state index is 11.9. The molecule has 1 amide bonds. The fourth-order valence-corrected chi connectivity index (χ4v) is 1.52. The highest BCUT2D eigenvalue weighted by molar-refractivity contribution is 6.01. The predicted octanol–water partition coefficient (Wildman–Crippen LogP) is 2.52. The van der Waals surface area contributed by atoms with Gasteiger partial charge in [0.05, 0.1) is 19.6 Å². The van der Waals surface area contributed by atoms with Crippen molar-refractivity contribution in [2.75, 3.05) is 18.6 Å². The second-order valence-electron chi connectivity index (χ2n) is 3.60. The molecule has 1 aromatic carbocycles. The SMILES string of the molecule is C/C=C/C(=O)N(CCC#N)c1ccc(OC)cc1. The molecule has 4 nitrogen and oxygen atoms in total. The standard InChI is InChI=1S/C14H16N2O2/c1-3-5-14(17)16(11-4-10-15)12-6-8-13(18-2)9-7-12/h3,5-9H,4,11H2,1-2H3/b5-3+. The monoisotopic (exact) mass is 244 g/mol. The number of rotatable bonds is 5. The van der Waals surface area contributed by atoms with Gasteiger partial charge in [0.15, 0.2) is 0 Å². The first-order valence-electron chi connectivity index (χ1n) is 5.68. The van der Waals surface area contributed by atoms with Gasteiger partial charge in [-0.3, -0.25) is 4.79 Å². The molecule has 0 atom stereocenters. The molecule has 1 rings (SSSR count). The Bertz CT molecular complexity index is 458. The molecule has 0 aliphatic carbocycles. The smallest absolute Gasteiger partial charge is 0.250 e. The van der Waals surface area contributed by atoms with Gasteiger partial charge < -0.3 is 9.64 Å². The number of carbonyl (C=O) groups is 1. The zero-order chi connectivity index (χ0) is 13.4. The summed E-state index contributed by atoms with van der Waals surface area (Å²) in [6, 6.07) is 9.23. The minimum Gasteiger partial charge on any atom is -0.497 e.